The van der Waals surface area contributed by atoms with Crippen LogP contribution in [0.15, 0.2) is 0 Å². The second kappa shape index (κ2) is 3.05. The molecule has 68 valence electrons. The SMILES string of the molecule is CN1CCC2C(=O)NCCC2C1. The van der Waals surface area contributed by atoms with Gasteiger partial charge in [0.05, 0.1) is 0 Å². The van der Waals surface area contributed by atoms with Crippen molar-refractivity contribution in [2.45, 2.75) is 12.8 Å². The van der Waals surface area contributed by atoms with E-state index in [-0.39, 0.29) is 0 Å². The molecule has 0 saturated carbocycles. The smallest absolute Gasteiger partial charge is 0.223 e. The summed E-state index contributed by atoms with van der Waals surface area (Å²) in [6.07, 6.45) is 2.22. The lowest BCUT2D eigenvalue weighted by Crippen LogP contribution is -2.50. The summed E-state index contributed by atoms with van der Waals surface area (Å²) in [7, 11) is 2.14. The topological polar surface area (TPSA) is 32.3 Å². The van der Waals surface area contributed by atoms with Crippen LogP contribution >= 0.6 is 0 Å². The van der Waals surface area contributed by atoms with Crippen molar-refractivity contribution in [2.75, 3.05) is 26.7 Å². The molecule has 3 heteroatoms. The molecule has 12 heavy (non-hydrogen) atoms. The van der Waals surface area contributed by atoms with Crippen LogP contribution in [0.3, 0.4) is 0 Å². The number of likely N-dealkylation sites (tertiary alicyclic amines) is 1. The van der Waals surface area contributed by atoms with Gasteiger partial charge in [-0.2, -0.15) is 0 Å². The van der Waals surface area contributed by atoms with Gasteiger partial charge in [-0.1, -0.05) is 0 Å². The van der Waals surface area contributed by atoms with Crippen LogP contribution in [0, 0.1) is 11.8 Å². The zero-order valence-electron chi connectivity index (χ0n) is 7.55. The predicted molar refractivity (Wildman–Crippen MR) is 46.7 cm³/mol. The molecule has 0 bridgehead atoms. The summed E-state index contributed by atoms with van der Waals surface area (Å²) in [6, 6.07) is 0. The monoisotopic (exact) mass is 168 g/mol. The molecule has 0 spiro atoms. The highest BCUT2D eigenvalue weighted by Gasteiger charge is 2.35. The molecule has 2 atom stereocenters. The summed E-state index contributed by atoms with van der Waals surface area (Å²) in [6.45, 7) is 3.07. The quantitative estimate of drug-likeness (QED) is 0.555. The number of carbonyl (C=O) groups excluding carboxylic acids is 1. The van der Waals surface area contributed by atoms with Crippen molar-refractivity contribution in [1.82, 2.24) is 10.2 Å². The zero-order chi connectivity index (χ0) is 8.55. The van der Waals surface area contributed by atoms with Gasteiger partial charge in [-0.15, -0.1) is 0 Å². The van der Waals surface area contributed by atoms with Crippen LogP contribution in [0.5, 0.6) is 0 Å². The number of piperidine rings is 2. The van der Waals surface area contributed by atoms with Gasteiger partial charge >= 0.3 is 0 Å². The van der Waals surface area contributed by atoms with E-state index in [1.54, 1.807) is 0 Å². The van der Waals surface area contributed by atoms with E-state index in [0.717, 1.165) is 26.1 Å². The molecular weight excluding hydrogens is 152 g/mol. The number of rotatable bonds is 0. The number of hydrogen-bond acceptors (Lipinski definition) is 2. The number of amides is 1. The first kappa shape index (κ1) is 8.05. The minimum atomic E-state index is 0.291. The van der Waals surface area contributed by atoms with Gasteiger partial charge in [-0.05, 0) is 32.4 Å². The summed E-state index contributed by atoms with van der Waals surface area (Å²) >= 11 is 0. The highest BCUT2D eigenvalue weighted by Crippen LogP contribution is 2.27. The lowest BCUT2D eigenvalue weighted by atomic mass is 9.80. The Labute approximate surface area is 73.1 Å². The molecule has 2 unspecified atom stereocenters. The molecule has 0 radical (unpaired) electrons. The minimum absolute atomic E-state index is 0.291. The number of carbonyl (C=O) groups is 1. The Morgan fingerprint density at radius 2 is 2.33 bits per heavy atom. The average Bonchev–Trinajstić information content (AvgIpc) is 2.04. The molecule has 2 heterocycles. The predicted octanol–water partition coefficient (Wildman–Crippen LogP) is 0.0742. The summed E-state index contributed by atoms with van der Waals surface area (Å²) < 4.78 is 0. The highest BCUT2D eigenvalue weighted by atomic mass is 16.1. The minimum Gasteiger partial charge on any atom is -0.356 e. The Bertz CT molecular complexity index is 193. The van der Waals surface area contributed by atoms with Crippen LogP contribution in [0.2, 0.25) is 0 Å². The van der Waals surface area contributed by atoms with Crippen LogP contribution in [0.1, 0.15) is 12.8 Å². The van der Waals surface area contributed by atoms with E-state index in [0.29, 0.717) is 17.7 Å². The van der Waals surface area contributed by atoms with Gasteiger partial charge in [-0.25, -0.2) is 0 Å². The molecule has 2 aliphatic rings. The van der Waals surface area contributed by atoms with E-state index in [1.165, 1.54) is 6.42 Å². The Morgan fingerprint density at radius 3 is 3.17 bits per heavy atom. The fourth-order valence-corrected chi connectivity index (χ4v) is 2.36. The number of hydrogen-bond donors (Lipinski definition) is 1. The largest absolute Gasteiger partial charge is 0.356 e. The maximum absolute atomic E-state index is 11.4. The number of fused-ring (bicyclic) bond motifs is 1. The highest BCUT2D eigenvalue weighted by molar-refractivity contribution is 5.79. The van der Waals surface area contributed by atoms with Crippen molar-refractivity contribution in [3.63, 3.8) is 0 Å². The standard InChI is InChI=1S/C9H16N2O/c1-11-5-3-8-7(6-11)2-4-10-9(8)12/h7-8H,2-6H2,1H3,(H,10,12). The van der Waals surface area contributed by atoms with E-state index < -0.39 is 0 Å². The molecule has 0 aliphatic carbocycles. The lowest BCUT2D eigenvalue weighted by molar-refractivity contribution is -0.130. The first-order valence-electron chi connectivity index (χ1n) is 4.73. The Kier molecular flexibility index (Phi) is 2.05. The van der Waals surface area contributed by atoms with Crippen molar-refractivity contribution >= 4 is 5.91 Å². The Balaban J connectivity index is 2.04. The van der Waals surface area contributed by atoms with Gasteiger partial charge in [0.2, 0.25) is 5.91 Å². The van der Waals surface area contributed by atoms with E-state index in [4.69, 9.17) is 0 Å². The number of nitrogens with zero attached hydrogens (tertiary/aromatic N) is 1. The zero-order valence-corrected chi connectivity index (χ0v) is 7.55. The molecule has 3 nitrogen and oxygen atoms in total. The Hall–Kier alpha value is -0.570. The molecule has 2 saturated heterocycles. The second-order valence-electron chi connectivity index (χ2n) is 4.00. The lowest BCUT2D eigenvalue weighted by Gasteiger charge is -2.38. The maximum Gasteiger partial charge on any atom is 0.223 e. The summed E-state index contributed by atoms with van der Waals surface area (Å²) in [5.74, 6) is 1.23. The van der Waals surface area contributed by atoms with E-state index >= 15 is 0 Å². The third-order valence-electron chi connectivity index (χ3n) is 3.09. The molecule has 2 fully saturated rings. The second-order valence-corrected chi connectivity index (χ2v) is 4.00. The molecule has 0 aromatic carbocycles. The fraction of sp³-hybridized carbons (Fsp3) is 0.889. The summed E-state index contributed by atoms with van der Waals surface area (Å²) in [4.78, 5) is 13.7. The van der Waals surface area contributed by atoms with E-state index in [9.17, 15) is 4.79 Å². The molecule has 0 aromatic rings. The fourth-order valence-electron chi connectivity index (χ4n) is 2.36. The van der Waals surface area contributed by atoms with Crippen molar-refractivity contribution in [3.8, 4) is 0 Å². The van der Waals surface area contributed by atoms with Gasteiger partial charge in [0.1, 0.15) is 0 Å². The molecule has 2 aliphatic heterocycles. The van der Waals surface area contributed by atoms with Gasteiger partial charge in [-0.3, -0.25) is 4.79 Å². The van der Waals surface area contributed by atoms with E-state index in [1.807, 2.05) is 0 Å². The van der Waals surface area contributed by atoms with Gasteiger partial charge < -0.3 is 10.2 Å². The van der Waals surface area contributed by atoms with Crippen molar-refractivity contribution in [2.24, 2.45) is 11.8 Å². The number of nitrogens with one attached hydrogen (secondary N) is 1. The molecule has 1 amide bonds. The van der Waals surface area contributed by atoms with Crippen molar-refractivity contribution in [1.29, 1.82) is 0 Å². The van der Waals surface area contributed by atoms with Crippen molar-refractivity contribution < 1.29 is 4.79 Å². The molecule has 2 rings (SSSR count). The normalized spacial score (nSPS) is 37.2. The third kappa shape index (κ3) is 1.33. The molecule has 0 aromatic heterocycles. The average molecular weight is 168 g/mol. The first-order chi connectivity index (χ1) is 5.77. The summed E-state index contributed by atoms with van der Waals surface area (Å²) in [5, 5.41) is 2.94. The van der Waals surface area contributed by atoms with Crippen LogP contribution in [-0.2, 0) is 4.79 Å². The van der Waals surface area contributed by atoms with Gasteiger partial charge in [0.25, 0.3) is 0 Å². The molecular formula is C9H16N2O. The maximum atomic E-state index is 11.4. The van der Waals surface area contributed by atoms with Crippen LogP contribution in [-0.4, -0.2) is 37.5 Å². The molecule has 1 N–H and O–H groups in total. The Morgan fingerprint density at radius 1 is 1.50 bits per heavy atom. The van der Waals surface area contributed by atoms with Crippen molar-refractivity contribution in [3.05, 3.63) is 0 Å². The third-order valence-corrected chi connectivity index (χ3v) is 3.09. The van der Waals surface area contributed by atoms with Crippen LogP contribution in [0.25, 0.3) is 0 Å². The van der Waals surface area contributed by atoms with Crippen LogP contribution in [0.4, 0.5) is 0 Å². The van der Waals surface area contributed by atoms with Crippen LogP contribution < -0.4 is 5.32 Å². The van der Waals surface area contributed by atoms with E-state index in [2.05, 4.69) is 17.3 Å². The van der Waals surface area contributed by atoms with Gasteiger partial charge in [0, 0.05) is 19.0 Å². The first-order valence-corrected chi connectivity index (χ1v) is 4.73. The summed E-state index contributed by atoms with van der Waals surface area (Å²) in [5.41, 5.74) is 0. The van der Waals surface area contributed by atoms with Gasteiger partial charge in [0.15, 0.2) is 0 Å².